The lowest BCUT2D eigenvalue weighted by Gasteiger charge is -2.04. The number of halogens is 2. The van der Waals surface area contributed by atoms with E-state index in [9.17, 15) is 4.39 Å². The first-order valence-corrected chi connectivity index (χ1v) is 4.17. The van der Waals surface area contributed by atoms with Crippen molar-refractivity contribution in [2.75, 3.05) is 0 Å². The van der Waals surface area contributed by atoms with E-state index in [0.717, 1.165) is 10.2 Å². The van der Waals surface area contributed by atoms with Gasteiger partial charge in [-0.25, -0.2) is 4.39 Å². The third kappa shape index (κ3) is 1.99. The molecule has 1 atom stereocenters. The summed E-state index contributed by atoms with van der Waals surface area (Å²) in [5.41, 5.74) is 1.32. The molecule has 0 aliphatic carbocycles. The van der Waals surface area contributed by atoms with E-state index in [2.05, 4.69) is 20.9 Å². The molecular weight excluding hydrogens is 209 g/mol. The zero-order chi connectivity index (χ0) is 8.43. The molecule has 0 spiro atoms. The van der Waals surface area contributed by atoms with Gasteiger partial charge in [-0.05, 0) is 41.9 Å². The Morgan fingerprint density at radius 3 is 2.64 bits per heavy atom. The molecule has 0 bridgehead atoms. The zero-order valence-electron chi connectivity index (χ0n) is 6.44. The summed E-state index contributed by atoms with van der Waals surface area (Å²) in [6, 6.07) is 3.66. The topological polar surface area (TPSA) is 12.9 Å². The lowest BCUT2D eigenvalue weighted by Crippen LogP contribution is -1.94. The second kappa shape index (κ2) is 3.30. The van der Waals surface area contributed by atoms with Crippen LogP contribution >= 0.6 is 15.9 Å². The predicted octanol–water partition coefficient (Wildman–Crippen LogP) is 3.18. The van der Waals surface area contributed by atoms with E-state index >= 15 is 0 Å². The number of aromatic nitrogens is 1. The molecule has 0 amide bonds. The minimum absolute atomic E-state index is 0.477. The molecule has 1 nitrogen and oxygen atoms in total. The predicted molar refractivity (Wildman–Crippen MR) is 46.2 cm³/mol. The van der Waals surface area contributed by atoms with Crippen LogP contribution < -0.4 is 0 Å². The summed E-state index contributed by atoms with van der Waals surface area (Å²) in [5, 5.41) is 0. The van der Waals surface area contributed by atoms with Gasteiger partial charge in [0.05, 0.1) is 5.69 Å². The van der Waals surface area contributed by atoms with Crippen LogP contribution in [-0.4, -0.2) is 4.98 Å². The molecule has 11 heavy (non-hydrogen) atoms. The summed E-state index contributed by atoms with van der Waals surface area (Å²) in [4.78, 5) is 4.05. The van der Waals surface area contributed by atoms with E-state index in [0.29, 0.717) is 5.69 Å². The Kier molecular flexibility index (Phi) is 2.60. The Morgan fingerprint density at radius 1 is 1.55 bits per heavy atom. The number of alkyl halides is 1. The quantitative estimate of drug-likeness (QED) is 0.705. The van der Waals surface area contributed by atoms with Crippen molar-refractivity contribution in [3.8, 4) is 0 Å². The molecule has 0 saturated carbocycles. The van der Waals surface area contributed by atoms with E-state index in [1.807, 2.05) is 19.1 Å². The lowest BCUT2D eigenvalue weighted by molar-refractivity contribution is 0.364. The fourth-order valence-electron chi connectivity index (χ4n) is 0.839. The molecule has 1 aromatic heterocycles. The average Bonchev–Trinajstić information content (AvgIpc) is 1.94. The molecule has 0 N–H and O–H groups in total. The smallest absolute Gasteiger partial charge is 0.140 e. The molecule has 0 fully saturated rings. The fraction of sp³-hybridized carbons (Fsp3) is 0.375. The van der Waals surface area contributed by atoms with Crippen LogP contribution in [-0.2, 0) is 0 Å². The van der Waals surface area contributed by atoms with E-state index in [4.69, 9.17) is 0 Å². The molecule has 60 valence electrons. The summed E-state index contributed by atoms with van der Waals surface area (Å²) in [6.45, 7) is 3.32. The molecule has 1 aromatic rings. The summed E-state index contributed by atoms with van der Waals surface area (Å²) < 4.78 is 13.5. The second-order valence-corrected chi connectivity index (χ2v) is 3.29. The number of pyridine rings is 1. The van der Waals surface area contributed by atoms with Crippen molar-refractivity contribution >= 4 is 15.9 Å². The monoisotopic (exact) mass is 217 g/mol. The van der Waals surface area contributed by atoms with Crippen LogP contribution in [0.25, 0.3) is 0 Å². The SMILES string of the molecule is Cc1ccc(Br)c(C(C)F)n1. The Morgan fingerprint density at radius 2 is 2.18 bits per heavy atom. The Hall–Kier alpha value is -0.440. The van der Waals surface area contributed by atoms with Crippen molar-refractivity contribution in [2.24, 2.45) is 0 Å². The lowest BCUT2D eigenvalue weighted by atomic mass is 10.2. The molecular formula is C8H9BrFN. The van der Waals surface area contributed by atoms with Gasteiger partial charge in [0.1, 0.15) is 6.17 Å². The van der Waals surface area contributed by atoms with Gasteiger partial charge in [0.25, 0.3) is 0 Å². The maximum atomic E-state index is 12.8. The maximum Gasteiger partial charge on any atom is 0.140 e. The van der Waals surface area contributed by atoms with Gasteiger partial charge in [-0.2, -0.15) is 0 Å². The van der Waals surface area contributed by atoms with Crippen LogP contribution in [0.3, 0.4) is 0 Å². The van der Waals surface area contributed by atoms with Crippen LogP contribution in [0.15, 0.2) is 16.6 Å². The van der Waals surface area contributed by atoms with Crippen molar-refractivity contribution in [1.82, 2.24) is 4.98 Å². The van der Waals surface area contributed by atoms with Gasteiger partial charge < -0.3 is 0 Å². The van der Waals surface area contributed by atoms with Gasteiger partial charge >= 0.3 is 0 Å². The maximum absolute atomic E-state index is 12.8. The molecule has 3 heteroatoms. The fourth-order valence-corrected chi connectivity index (χ4v) is 1.38. The highest BCUT2D eigenvalue weighted by molar-refractivity contribution is 9.10. The van der Waals surface area contributed by atoms with Crippen molar-refractivity contribution in [1.29, 1.82) is 0 Å². The molecule has 1 unspecified atom stereocenters. The zero-order valence-corrected chi connectivity index (χ0v) is 8.02. The van der Waals surface area contributed by atoms with E-state index in [-0.39, 0.29) is 0 Å². The third-order valence-corrected chi connectivity index (χ3v) is 2.06. The summed E-state index contributed by atoms with van der Waals surface area (Å²) in [5.74, 6) is 0. The highest BCUT2D eigenvalue weighted by Crippen LogP contribution is 2.23. The van der Waals surface area contributed by atoms with Gasteiger partial charge in [0.2, 0.25) is 0 Å². The van der Waals surface area contributed by atoms with E-state index in [1.165, 1.54) is 6.92 Å². The van der Waals surface area contributed by atoms with Gasteiger partial charge in [0.15, 0.2) is 0 Å². The average molecular weight is 218 g/mol. The van der Waals surface area contributed by atoms with Crippen molar-refractivity contribution < 1.29 is 4.39 Å². The van der Waals surface area contributed by atoms with Crippen LogP contribution in [0.1, 0.15) is 24.5 Å². The van der Waals surface area contributed by atoms with Gasteiger partial charge in [0, 0.05) is 10.2 Å². The van der Waals surface area contributed by atoms with Crippen molar-refractivity contribution in [3.63, 3.8) is 0 Å². The Balaban J connectivity index is 3.13. The van der Waals surface area contributed by atoms with E-state index < -0.39 is 6.17 Å². The standard InChI is InChI=1S/C8H9BrFN/c1-5-3-4-7(9)8(11-5)6(2)10/h3-4,6H,1-2H3. The van der Waals surface area contributed by atoms with E-state index in [1.54, 1.807) is 0 Å². The number of aryl methyl sites for hydroxylation is 1. The first kappa shape index (κ1) is 8.65. The summed E-state index contributed by atoms with van der Waals surface area (Å²) in [6.07, 6.45) is -1.01. The molecule has 1 rings (SSSR count). The normalized spacial score (nSPS) is 13.1. The van der Waals surface area contributed by atoms with Gasteiger partial charge in [-0.1, -0.05) is 0 Å². The largest absolute Gasteiger partial charge is 0.254 e. The molecule has 0 aromatic carbocycles. The molecule has 0 aliphatic heterocycles. The highest BCUT2D eigenvalue weighted by Gasteiger charge is 2.08. The van der Waals surface area contributed by atoms with Gasteiger partial charge in [-0.15, -0.1) is 0 Å². The van der Waals surface area contributed by atoms with Crippen molar-refractivity contribution in [2.45, 2.75) is 20.0 Å². The Bertz CT molecular complexity index is 260. The van der Waals surface area contributed by atoms with Gasteiger partial charge in [-0.3, -0.25) is 4.98 Å². The number of rotatable bonds is 1. The summed E-state index contributed by atoms with van der Waals surface area (Å²) >= 11 is 3.23. The minimum Gasteiger partial charge on any atom is -0.254 e. The third-order valence-electron chi connectivity index (χ3n) is 1.39. The molecule has 1 heterocycles. The number of nitrogens with zero attached hydrogens (tertiary/aromatic N) is 1. The number of hydrogen-bond donors (Lipinski definition) is 0. The van der Waals surface area contributed by atoms with Crippen molar-refractivity contribution in [3.05, 3.63) is 28.0 Å². The van der Waals surface area contributed by atoms with Crippen LogP contribution in [0.5, 0.6) is 0 Å². The molecule has 0 saturated heterocycles. The van der Waals surface area contributed by atoms with Crippen LogP contribution in [0, 0.1) is 6.92 Å². The van der Waals surface area contributed by atoms with Crippen LogP contribution in [0.4, 0.5) is 4.39 Å². The summed E-state index contributed by atoms with van der Waals surface area (Å²) in [7, 11) is 0. The highest BCUT2D eigenvalue weighted by atomic mass is 79.9. The molecule has 0 aliphatic rings. The molecule has 0 radical (unpaired) electrons. The minimum atomic E-state index is -1.01. The van der Waals surface area contributed by atoms with Crippen LogP contribution in [0.2, 0.25) is 0 Å². The first-order chi connectivity index (χ1) is 5.11. The second-order valence-electron chi connectivity index (χ2n) is 2.44. The number of hydrogen-bond acceptors (Lipinski definition) is 1. The Labute approximate surface area is 73.8 Å². The first-order valence-electron chi connectivity index (χ1n) is 3.38.